The van der Waals surface area contributed by atoms with Gasteiger partial charge >= 0.3 is 5.97 Å². The maximum Gasteiger partial charge on any atom is 0.353 e. The van der Waals surface area contributed by atoms with E-state index in [4.69, 9.17) is 5.11 Å². The van der Waals surface area contributed by atoms with E-state index >= 15 is 0 Å². The number of phenolic OH excluding ortho intramolecular Hbond substituents is 1. The number of hydrogen-bond donors (Lipinski definition) is 3. The fourth-order valence-corrected chi connectivity index (χ4v) is 2.32. The van der Waals surface area contributed by atoms with E-state index in [1.165, 1.54) is 24.3 Å². The van der Waals surface area contributed by atoms with E-state index in [0.717, 1.165) is 6.26 Å². The van der Waals surface area contributed by atoms with Crippen molar-refractivity contribution in [1.29, 1.82) is 0 Å². The van der Waals surface area contributed by atoms with Gasteiger partial charge in [0.15, 0.2) is 9.84 Å². The highest BCUT2D eigenvalue weighted by Gasteiger charge is 2.15. The summed E-state index contributed by atoms with van der Waals surface area (Å²) in [5, 5.41) is 24.5. The second kappa shape index (κ2) is 4.39. The first-order valence-corrected chi connectivity index (χ1v) is 7.00. The molecule has 7 nitrogen and oxygen atoms in total. The van der Waals surface area contributed by atoms with E-state index in [2.05, 4.69) is 10.2 Å². The largest absolute Gasteiger partial charge is 0.507 e. The molecule has 2 aromatic rings. The molecule has 1 aromatic carbocycles. The number of nitrogens with zero attached hydrogens (tertiary/aromatic N) is 1. The fourth-order valence-electron chi connectivity index (χ4n) is 1.57. The molecule has 0 fully saturated rings. The molecule has 0 unspecified atom stereocenters. The van der Waals surface area contributed by atoms with Crippen LogP contribution in [0.15, 0.2) is 29.2 Å². The molecule has 100 valence electrons. The molecule has 0 atom stereocenters. The van der Waals surface area contributed by atoms with Gasteiger partial charge in [0.1, 0.15) is 16.3 Å². The standard InChI is InChI=1S/C11H10N2O5S/c1-19(17,18)10-3-2-6(4-9(10)14)7-5-8(11(15)16)13-12-7/h2-5,14H,1H3,(H,12,13)(H,15,16). The summed E-state index contributed by atoms with van der Waals surface area (Å²) in [7, 11) is -3.51. The predicted molar refractivity (Wildman–Crippen MR) is 65.8 cm³/mol. The molecule has 1 heterocycles. The highest BCUT2D eigenvalue weighted by molar-refractivity contribution is 7.90. The second-order valence-corrected chi connectivity index (χ2v) is 5.91. The minimum absolute atomic E-state index is 0.0957. The Balaban J connectivity index is 2.47. The van der Waals surface area contributed by atoms with Gasteiger partial charge in [-0.3, -0.25) is 5.10 Å². The zero-order valence-electron chi connectivity index (χ0n) is 9.78. The third kappa shape index (κ3) is 2.58. The fraction of sp³-hybridized carbons (Fsp3) is 0.0909. The molecule has 0 saturated heterocycles. The molecule has 0 spiro atoms. The Morgan fingerprint density at radius 2 is 2.00 bits per heavy atom. The third-order valence-corrected chi connectivity index (χ3v) is 3.61. The van der Waals surface area contributed by atoms with Gasteiger partial charge in [0.2, 0.25) is 0 Å². The topological polar surface area (TPSA) is 120 Å². The molecule has 0 aliphatic carbocycles. The first-order valence-electron chi connectivity index (χ1n) is 5.11. The number of phenols is 1. The van der Waals surface area contributed by atoms with Crippen LogP contribution in [0.2, 0.25) is 0 Å². The van der Waals surface area contributed by atoms with E-state index in [1.807, 2.05) is 0 Å². The van der Waals surface area contributed by atoms with Crippen LogP contribution in [0.1, 0.15) is 10.5 Å². The molecule has 0 radical (unpaired) electrons. The van der Waals surface area contributed by atoms with Crippen molar-refractivity contribution in [3.8, 4) is 17.0 Å². The third-order valence-electron chi connectivity index (χ3n) is 2.46. The van der Waals surface area contributed by atoms with Gasteiger partial charge < -0.3 is 10.2 Å². The Morgan fingerprint density at radius 3 is 2.47 bits per heavy atom. The number of carboxylic acids is 1. The Morgan fingerprint density at radius 1 is 1.32 bits per heavy atom. The molecular formula is C11H10N2O5S. The summed E-state index contributed by atoms with van der Waals surface area (Å²) in [5.41, 5.74) is 0.614. The average Bonchev–Trinajstić information content (AvgIpc) is 2.76. The number of carboxylic acid groups (broad SMARTS) is 1. The smallest absolute Gasteiger partial charge is 0.353 e. The molecule has 3 N–H and O–H groups in total. The molecule has 0 saturated carbocycles. The SMILES string of the molecule is CS(=O)(=O)c1ccc(-c2cc(C(=O)O)[nH]n2)cc1O. The van der Waals surface area contributed by atoms with Crippen LogP contribution in [0.25, 0.3) is 11.3 Å². The van der Waals surface area contributed by atoms with Gasteiger partial charge in [-0.05, 0) is 18.2 Å². The summed E-state index contributed by atoms with van der Waals surface area (Å²) in [6, 6.07) is 5.20. The molecule has 0 amide bonds. The van der Waals surface area contributed by atoms with Crippen LogP contribution >= 0.6 is 0 Å². The Labute approximate surface area is 108 Å². The van der Waals surface area contributed by atoms with E-state index in [9.17, 15) is 18.3 Å². The number of hydrogen-bond acceptors (Lipinski definition) is 5. The number of sulfone groups is 1. The van der Waals surface area contributed by atoms with Gasteiger partial charge in [-0.1, -0.05) is 6.07 Å². The van der Waals surface area contributed by atoms with Gasteiger partial charge in [0.25, 0.3) is 0 Å². The Bertz CT molecular complexity index is 748. The molecule has 2 rings (SSSR count). The molecule has 8 heteroatoms. The minimum atomic E-state index is -3.51. The van der Waals surface area contributed by atoms with Gasteiger partial charge in [0.05, 0.1) is 5.69 Å². The van der Waals surface area contributed by atoms with Crippen LogP contribution in [-0.2, 0) is 9.84 Å². The monoisotopic (exact) mass is 282 g/mol. The van der Waals surface area contributed by atoms with Crippen molar-refractivity contribution in [2.45, 2.75) is 4.90 Å². The first kappa shape index (κ1) is 13.1. The zero-order valence-corrected chi connectivity index (χ0v) is 10.6. The van der Waals surface area contributed by atoms with Gasteiger partial charge in [0, 0.05) is 11.8 Å². The summed E-state index contributed by atoms with van der Waals surface area (Å²) in [4.78, 5) is 10.5. The number of H-pyrrole nitrogens is 1. The van der Waals surface area contributed by atoms with Crippen molar-refractivity contribution in [3.05, 3.63) is 30.0 Å². The van der Waals surface area contributed by atoms with Gasteiger partial charge in [-0.25, -0.2) is 13.2 Å². The van der Waals surface area contributed by atoms with Crippen molar-refractivity contribution in [3.63, 3.8) is 0 Å². The lowest BCUT2D eigenvalue weighted by Crippen LogP contribution is -1.97. The van der Waals surface area contributed by atoms with Crippen LogP contribution in [-0.4, -0.2) is 41.1 Å². The number of aromatic amines is 1. The minimum Gasteiger partial charge on any atom is -0.507 e. The Kier molecular flexibility index (Phi) is 3.03. The summed E-state index contributed by atoms with van der Waals surface area (Å²) >= 11 is 0. The lowest BCUT2D eigenvalue weighted by molar-refractivity contribution is 0.0690. The summed E-state index contributed by atoms with van der Waals surface area (Å²) < 4.78 is 22.7. The van der Waals surface area contributed by atoms with Gasteiger partial charge in [-0.15, -0.1) is 0 Å². The normalized spacial score (nSPS) is 11.4. The quantitative estimate of drug-likeness (QED) is 0.768. The lowest BCUT2D eigenvalue weighted by atomic mass is 10.1. The summed E-state index contributed by atoms with van der Waals surface area (Å²) in [5.74, 6) is -1.56. The zero-order chi connectivity index (χ0) is 14.2. The number of aromatic nitrogens is 2. The summed E-state index contributed by atoms with van der Waals surface area (Å²) in [6.45, 7) is 0. The maximum atomic E-state index is 11.3. The molecule has 19 heavy (non-hydrogen) atoms. The van der Waals surface area contributed by atoms with Crippen molar-refractivity contribution in [2.75, 3.05) is 6.26 Å². The van der Waals surface area contributed by atoms with Crippen LogP contribution in [0.3, 0.4) is 0 Å². The second-order valence-electron chi connectivity index (χ2n) is 3.93. The lowest BCUT2D eigenvalue weighted by Gasteiger charge is -2.03. The van der Waals surface area contributed by atoms with Crippen molar-refractivity contribution < 1.29 is 23.4 Å². The molecule has 0 bridgehead atoms. The van der Waals surface area contributed by atoms with Crippen molar-refractivity contribution in [1.82, 2.24) is 10.2 Å². The van der Waals surface area contributed by atoms with Crippen LogP contribution in [0.5, 0.6) is 5.75 Å². The number of aromatic carboxylic acids is 1. The highest BCUT2D eigenvalue weighted by Crippen LogP contribution is 2.28. The molecule has 0 aliphatic rings. The van der Waals surface area contributed by atoms with E-state index in [0.29, 0.717) is 11.3 Å². The van der Waals surface area contributed by atoms with E-state index in [-0.39, 0.29) is 10.6 Å². The number of carbonyl (C=O) groups is 1. The first-order chi connectivity index (χ1) is 8.79. The van der Waals surface area contributed by atoms with Crippen LogP contribution < -0.4 is 0 Å². The van der Waals surface area contributed by atoms with E-state index in [1.54, 1.807) is 0 Å². The number of nitrogens with one attached hydrogen (secondary N) is 1. The molecular weight excluding hydrogens is 272 g/mol. The van der Waals surface area contributed by atoms with Crippen molar-refractivity contribution in [2.24, 2.45) is 0 Å². The number of benzene rings is 1. The number of rotatable bonds is 3. The predicted octanol–water partition coefficient (Wildman–Crippen LogP) is 0.884. The molecule has 1 aromatic heterocycles. The summed E-state index contributed by atoms with van der Waals surface area (Å²) in [6.07, 6.45) is 0.985. The van der Waals surface area contributed by atoms with E-state index < -0.39 is 21.6 Å². The van der Waals surface area contributed by atoms with Crippen molar-refractivity contribution >= 4 is 15.8 Å². The Hall–Kier alpha value is -2.35. The highest BCUT2D eigenvalue weighted by atomic mass is 32.2. The molecule has 0 aliphatic heterocycles. The number of aromatic hydroxyl groups is 1. The maximum absolute atomic E-state index is 11.3. The van der Waals surface area contributed by atoms with Gasteiger partial charge in [-0.2, -0.15) is 5.10 Å². The van der Waals surface area contributed by atoms with Crippen LogP contribution in [0.4, 0.5) is 0 Å². The average molecular weight is 282 g/mol. The van der Waals surface area contributed by atoms with Crippen LogP contribution in [0, 0.1) is 0 Å².